The van der Waals surface area contributed by atoms with Gasteiger partial charge in [-0.1, -0.05) is 25.1 Å². The second kappa shape index (κ2) is 9.86. The molecule has 1 fully saturated rings. The van der Waals surface area contributed by atoms with Crippen molar-refractivity contribution in [3.8, 4) is 0 Å². The van der Waals surface area contributed by atoms with Crippen LogP contribution in [0.1, 0.15) is 42.7 Å². The van der Waals surface area contributed by atoms with Gasteiger partial charge < -0.3 is 20.3 Å². The Hall–Kier alpha value is -3.16. The standard InChI is InChI=1S/C21H27N5O3/c1-3-15-7-5-6-8-17(15)24-20-22-12-9-18(25-20)19(27)23-16-10-13-26(14-11-16)21(28)29-4-2/h5-9,12,16H,3-4,10-11,13-14H2,1-2H3,(H,23,27)(H,22,24,25). The van der Waals surface area contributed by atoms with Crippen LogP contribution in [0.2, 0.25) is 0 Å². The van der Waals surface area contributed by atoms with Crippen LogP contribution in [0.4, 0.5) is 16.4 Å². The number of rotatable bonds is 6. The fourth-order valence-corrected chi connectivity index (χ4v) is 3.30. The van der Waals surface area contributed by atoms with E-state index in [-0.39, 0.29) is 18.0 Å². The predicted molar refractivity (Wildman–Crippen MR) is 110 cm³/mol. The predicted octanol–water partition coefficient (Wildman–Crippen LogP) is 3.13. The molecule has 8 heteroatoms. The number of para-hydroxylation sites is 1. The van der Waals surface area contributed by atoms with Crippen LogP contribution in [0.5, 0.6) is 0 Å². The lowest BCUT2D eigenvalue weighted by atomic mass is 10.1. The van der Waals surface area contributed by atoms with Crippen LogP contribution >= 0.6 is 0 Å². The van der Waals surface area contributed by atoms with E-state index in [0.717, 1.165) is 17.7 Å². The fraction of sp³-hybridized carbons (Fsp3) is 0.429. The van der Waals surface area contributed by atoms with Gasteiger partial charge in [-0.2, -0.15) is 0 Å². The second-order valence-electron chi connectivity index (χ2n) is 6.83. The van der Waals surface area contributed by atoms with E-state index in [1.54, 1.807) is 24.1 Å². The smallest absolute Gasteiger partial charge is 0.409 e. The maximum absolute atomic E-state index is 12.6. The molecule has 8 nitrogen and oxygen atoms in total. The number of nitrogens with one attached hydrogen (secondary N) is 2. The summed E-state index contributed by atoms with van der Waals surface area (Å²) in [4.78, 5) is 34.7. The van der Waals surface area contributed by atoms with Crippen molar-refractivity contribution in [2.45, 2.75) is 39.2 Å². The van der Waals surface area contributed by atoms with E-state index in [9.17, 15) is 9.59 Å². The molecule has 0 atom stereocenters. The summed E-state index contributed by atoms with van der Waals surface area (Å²) in [6.07, 6.45) is 3.53. The van der Waals surface area contributed by atoms with E-state index >= 15 is 0 Å². The number of hydrogen-bond acceptors (Lipinski definition) is 6. The van der Waals surface area contributed by atoms with Crippen LogP contribution in [-0.2, 0) is 11.2 Å². The molecule has 2 amide bonds. The zero-order valence-corrected chi connectivity index (χ0v) is 16.9. The minimum Gasteiger partial charge on any atom is -0.450 e. The molecule has 0 spiro atoms. The minimum atomic E-state index is -0.295. The third-order valence-corrected chi connectivity index (χ3v) is 4.89. The molecule has 0 bridgehead atoms. The highest BCUT2D eigenvalue weighted by atomic mass is 16.6. The summed E-state index contributed by atoms with van der Waals surface area (Å²) in [7, 11) is 0. The van der Waals surface area contributed by atoms with Crippen LogP contribution in [0.25, 0.3) is 0 Å². The van der Waals surface area contributed by atoms with Gasteiger partial charge in [0, 0.05) is 31.0 Å². The quantitative estimate of drug-likeness (QED) is 0.777. The van der Waals surface area contributed by atoms with Gasteiger partial charge in [-0.05, 0) is 43.9 Å². The Balaban J connectivity index is 1.58. The van der Waals surface area contributed by atoms with Crippen molar-refractivity contribution in [1.82, 2.24) is 20.2 Å². The van der Waals surface area contributed by atoms with Gasteiger partial charge in [0.15, 0.2) is 0 Å². The maximum Gasteiger partial charge on any atom is 0.409 e. The van der Waals surface area contributed by atoms with Crippen LogP contribution in [-0.4, -0.2) is 52.6 Å². The van der Waals surface area contributed by atoms with Gasteiger partial charge in [0.25, 0.3) is 5.91 Å². The van der Waals surface area contributed by atoms with E-state index in [0.29, 0.717) is 44.2 Å². The van der Waals surface area contributed by atoms with E-state index in [4.69, 9.17) is 4.74 Å². The number of aromatic nitrogens is 2. The number of ether oxygens (including phenoxy) is 1. The number of anilines is 2. The van der Waals surface area contributed by atoms with Crippen molar-refractivity contribution in [2.75, 3.05) is 25.0 Å². The first-order chi connectivity index (χ1) is 14.1. The van der Waals surface area contributed by atoms with Gasteiger partial charge in [0.1, 0.15) is 5.69 Å². The van der Waals surface area contributed by atoms with Gasteiger partial charge in [-0.15, -0.1) is 0 Å². The normalized spacial score (nSPS) is 14.3. The van der Waals surface area contributed by atoms with Crippen molar-refractivity contribution in [2.24, 2.45) is 0 Å². The average molecular weight is 397 g/mol. The number of carbonyl (C=O) groups excluding carboxylic acids is 2. The van der Waals surface area contributed by atoms with Crippen LogP contribution in [0.3, 0.4) is 0 Å². The molecule has 3 rings (SSSR count). The molecule has 1 aliphatic rings. The number of nitrogens with zero attached hydrogens (tertiary/aromatic N) is 3. The third kappa shape index (κ3) is 5.43. The van der Waals surface area contributed by atoms with Crippen molar-refractivity contribution in [3.63, 3.8) is 0 Å². The number of likely N-dealkylation sites (tertiary alicyclic amines) is 1. The van der Waals surface area contributed by atoms with Crippen molar-refractivity contribution in [3.05, 3.63) is 47.8 Å². The highest BCUT2D eigenvalue weighted by Crippen LogP contribution is 2.19. The summed E-state index contributed by atoms with van der Waals surface area (Å²) >= 11 is 0. The molecular weight excluding hydrogens is 370 g/mol. The summed E-state index contributed by atoms with van der Waals surface area (Å²) in [5.41, 5.74) is 2.39. The Morgan fingerprint density at radius 3 is 2.66 bits per heavy atom. The molecule has 1 aliphatic heterocycles. The molecule has 2 N–H and O–H groups in total. The van der Waals surface area contributed by atoms with Crippen molar-refractivity contribution in [1.29, 1.82) is 0 Å². The second-order valence-corrected chi connectivity index (χ2v) is 6.83. The highest BCUT2D eigenvalue weighted by Gasteiger charge is 2.25. The van der Waals surface area contributed by atoms with Gasteiger partial charge in [-0.25, -0.2) is 14.8 Å². The van der Waals surface area contributed by atoms with E-state index in [1.807, 2.05) is 24.3 Å². The summed E-state index contributed by atoms with van der Waals surface area (Å²) in [5, 5.41) is 6.20. The molecule has 1 saturated heterocycles. The first-order valence-electron chi connectivity index (χ1n) is 10.0. The Bertz CT molecular complexity index is 850. The first-order valence-corrected chi connectivity index (χ1v) is 10.0. The number of hydrogen-bond donors (Lipinski definition) is 2. The Morgan fingerprint density at radius 2 is 1.93 bits per heavy atom. The minimum absolute atomic E-state index is 0.000341. The lowest BCUT2D eigenvalue weighted by Crippen LogP contribution is -2.46. The van der Waals surface area contributed by atoms with Gasteiger partial charge in [0.2, 0.25) is 5.95 Å². The van der Waals surface area contributed by atoms with Crippen molar-refractivity contribution < 1.29 is 14.3 Å². The summed E-state index contributed by atoms with van der Waals surface area (Å²) in [6, 6.07) is 9.54. The van der Waals surface area contributed by atoms with Crippen LogP contribution < -0.4 is 10.6 Å². The monoisotopic (exact) mass is 397 g/mol. The lowest BCUT2D eigenvalue weighted by Gasteiger charge is -2.31. The molecule has 1 aromatic carbocycles. The topological polar surface area (TPSA) is 96.5 Å². The van der Waals surface area contributed by atoms with E-state index in [2.05, 4.69) is 27.5 Å². The summed E-state index contributed by atoms with van der Waals surface area (Å²) < 4.78 is 5.02. The van der Waals surface area contributed by atoms with Gasteiger partial charge in [-0.3, -0.25) is 4.79 Å². The molecule has 2 heterocycles. The van der Waals surface area contributed by atoms with E-state index in [1.165, 1.54) is 0 Å². The molecule has 0 aliphatic carbocycles. The molecule has 0 radical (unpaired) electrons. The third-order valence-electron chi connectivity index (χ3n) is 4.89. The maximum atomic E-state index is 12.6. The zero-order chi connectivity index (χ0) is 20.6. The first kappa shape index (κ1) is 20.6. The fourth-order valence-electron chi connectivity index (χ4n) is 3.30. The SMILES string of the molecule is CCOC(=O)N1CCC(NC(=O)c2ccnc(Nc3ccccc3CC)n2)CC1. The largest absolute Gasteiger partial charge is 0.450 e. The highest BCUT2D eigenvalue weighted by molar-refractivity contribution is 5.92. The average Bonchev–Trinajstić information content (AvgIpc) is 2.75. The molecule has 29 heavy (non-hydrogen) atoms. The Labute approximate surface area is 170 Å². The molecule has 2 aromatic rings. The van der Waals surface area contributed by atoms with Gasteiger partial charge in [0.05, 0.1) is 6.61 Å². The number of benzene rings is 1. The van der Waals surface area contributed by atoms with E-state index < -0.39 is 0 Å². The Morgan fingerprint density at radius 1 is 1.17 bits per heavy atom. The zero-order valence-electron chi connectivity index (χ0n) is 16.9. The van der Waals surface area contributed by atoms with Crippen LogP contribution in [0.15, 0.2) is 36.5 Å². The number of piperidine rings is 1. The molecule has 0 saturated carbocycles. The lowest BCUT2D eigenvalue weighted by molar-refractivity contribution is 0.0856. The molecule has 154 valence electrons. The summed E-state index contributed by atoms with van der Waals surface area (Å²) in [5.74, 6) is 0.143. The Kier molecular flexibility index (Phi) is 6.99. The molecule has 0 unspecified atom stereocenters. The molecule has 1 aromatic heterocycles. The molecular formula is C21H27N5O3. The number of aryl methyl sites for hydroxylation is 1. The van der Waals surface area contributed by atoms with Gasteiger partial charge >= 0.3 is 6.09 Å². The number of amides is 2. The summed E-state index contributed by atoms with van der Waals surface area (Å²) in [6.45, 7) is 5.36. The van der Waals surface area contributed by atoms with Crippen molar-refractivity contribution >= 4 is 23.6 Å². The number of carbonyl (C=O) groups is 2. The van der Waals surface area contributed by atoms with Crippen LogP contribution in [0, 0.1) is 0 Å².